The van der Waals surface area contributed by atoms with Crippen LogP contribution in [0.1, 0.15) is 284 Å². The van der Waals surface area contributed by atoms with Gasteiger partial charge in [0.15, 0.2) is 6.10 Å². The summed E-state index contributed by atoms with van der Waals surface area (Å²) in [6.07, 6.45) is 79.8. The molecule has 0 fully saturated rings. The summed E-state index contributed by atoms with van der Waals surface area (Å²) >= 11 is 0. The van der Waals surface area contributed by atoms with Crippen molar-refractivity contribution in [3.05, 3.63) is 85.1 Å². The van der Waals surface area contributed by atoms with Crippen molar-refractivity contribution in [2.24, 2.45) is 5.73 Å². The fourth-order valence-corrected chi connectivity index (χ4v) is 9.46. The van der Waals surface area contributed by atoms with E-state index in [1.807, 2.05) is 0 Å². The molecule has 75 heavy (non-hydrogen) atoms. The molecule has 0 spiro atoms. The Labute approximate surface area is 462 Å². The summed E-state index contributed by atoms with van der Waals surface area (Å²) < 4.78 is 32.9. The van der Waals surface area contributed by atoms with Gasteiger partial charge in [0, 0.05) is 19.4 Å². The number of hydrogen-bond acceptors (Lipinski definition) is 8. The van der Waals surface area contributed by atoms with Crippen LogP contribution in [-0.4, -0.2) is 49.3 Å². The second-order valence-corrected chi connectivity index (χ2v) is 22.0. The van der Waals surface area contributed by atoms with E-state index in [1.165, 1.54) is 180 Å². The van der Waals surface area contributed by atoms with Crippen LogP contribution < -0.4 is 5.73 Å². The molecule has 0 aromatic rings. The number of carbonyl (C=O) groups excluding carboxylic acids is 2. The summed E-state index contributed by atoms with van der Waals surface area (Å²) in [6, 6.07) is 0. The van der Waals surface area contributed by atoms with E-state index in [2.05, 4.69) is 98.9 Å². The Morgan fingerprint density at radius 2 is 0.733 bits per heavy atom. The maximum Gasteiger partial charge on any atom is 0.472 e. The van der Waals surface area contributed by atoms with Crippen LogP contribution in [0.3, 0.4) is 0 Å². The first-order chi connectivity index (χ1) is 36.8. The predicted molar refractivity (Wildman–Crippen MR) is 321 cm³/mol. The van der Waals surface area contributed by atoms with Gasteiger partial charge in [0.25, 0.3) is 0 Å². The number of esters is 2. The molecule has 0 aliphatic carbocycles. The van der Waals surface area contributed by atoms with Crippen LogP contribution in [0.2, 0.25) is 0 Å². The summed E-state index contributed by atoms with van der Waals surface area (Å²) in [4.78, 5) is 35.1. The third-order valence-electron chi connectivity index (χ3n) is 13.3. The molecule has 0 aliphatic heterocycles. The highest BCUT2D eigenvalue weighted by atomic mass is 31.2. The molecule has 0 aliphatic rings. The maximum atomic E-state index is 12.6. The number of nitrogens with two attached hydrogens (primary N) is 1. The van der Waals surface area contributed by atoms with Crippen LogP contribution in [0.5, 0.6) is 0 Å². The molecule has 0 heterocycles. The zero-order valence-electron chi connectivity index (χ0n) is 48.5. The lowest BCUT2D eigenvalue weighted by Crippen LogP contribution is -2.29. The Bertz CT molecular complexity index is 1500. The number of carbonyl (C=O) groups is 2. The third kappa shape index (κ3) is 60.3. The van der Waals surface area contributed by atoms with Gasteiger partial charge >= 0.3 is 19.8 Å². The molecule has 0 radical (unpaired) electrons. The summed E-state index contributed by atoms with van der Waals surface area (Å²) in [5.41, 5.74) is 5.37. The number of phosphoric acid groups is 1. The van der Waals surface area contributed by atoms with E-state index >= 15 is 0 Å². The molecule has 9 nitrogen and oxygen atoms in total. The van der Waals surface area contributed by atoms with Crippen molar-refractivity contribution in [2.45, 2.75) is 290 Å². The zero-order valence-corrected chi connectivity index (χ0v) is 49.4. The number of rotatable bonds is 58. The van der Waals surface area contributed by atoms with E-state index in [1.54, 1.807) is 0 Å². The molecule has 0 aromatic heterocycles. The van der Waals surface area contributed by atoms with Crippen molar-refractivity contribution in [2.75, 3.05) is 26.4 Å². The minimum atomic E-state index is -4.40. The van der Waals surface area contributed by atoms with Crippen molar-refractivity contribution < 1.29 is 37.6 Å². The number of phosphoric ester groups is 1. The van der Waals surface area contributed by atoms with Gasteiger partial charge in [-0.3, -0.25) is 18.6 Å². The largest absolute Gasteiger partial charge is 0.472 e. The summed E-state index contributed by atoms with van der Waals surface area (Å²) in [6.45, 7) is 3.58. The molecule has 0 saturated heterocycles. The lowest BCUT2D eigenvalue weighted by molar-refractivity contribution is -0.161. The molecule has 0 rings (SSSR count). The van der Waals surface area contributed by atoms with E-state index in [-0.39, 0.29) is 32.6 Å². The second kappa shape index (κ2) is 60.4. The fourth-order valence-electron chi connectivity index (χ4n) is 8.69. The van der Waals surface area contributed by atoms with Gasteiger partial charge in [0.1, 0.15) is 6.61 Å². The Kier molecular flexibility index (Phi) is 58.2. The van der Waals surface area contributed by atoms with Crippen molar-refractivity contribution in [1.82, 2.24) is 0 Å². The minimum absolute atomic E-state index is 0.0444. The summed E-state index contributed by atoms with van der Waals surface area (Å²) in [5.74, 6) is -0.871. The van der Waals surface area contributed by atoms with Crippen LogP contribution >= 0.6 is 7.82 Å². The standard InChI is InChI=1S/C65H116NO8P/c1-3-5-7-9-11-13-15-17-19-20-21-22-23-24-25-26-27-28-29-30-31-32-33-34-35-36-37-38-39-40-41-42-44-45-47-49-51-53-55-57-64(67)71-61-63(62-73-75(69,70)72-60-59-66)74-65(68)58-56-54-52-50-48-46-43-18-16-14-12-10-8-6-4-2/h6,8,12,14-15,17-18,20-21,23-24,43,48,50,63H,3-5,7,9-11,13,16,19,22,25-42,44-47,49,51-62,66H2,1-2H3,(H,69,70)/b8-6-,14-12-,17-15-,21-20-,24-23-,43-18-,50-48-. The highest BCUT2D eigenvalue weighted by Gasteiger charge is 2.26. The smallest absolute Gasteiger partial charge is 0.462 e. The molecular formula is C65H116NO8P. The van der Waals surface area contributed by atoms with E-state index in [4.69, 9.17) is 24.3 Å². The van der Waals surface area contributed by atoms with Crippen LogP contribution in [0.15, 0.2) is 85.1 Å². The average Bonchev–Trinajstić information content (AvgIpc) is 3.40. The van der Waals surface area contributed by atoms with Crippen LogP contribution in [0.4, 0.5) is 0 Å². The van der Waals surface area contributed by atoms with Crippen molar-refractivity contribution in [3.8, 4) is 0 Å². The minimum Gasteiger partial charge on any atom is -0.462 e. The topological polar surface area (TPSA) is 134 Å². The molecular weight excluding hydrogens is 954 g/mol. The van der Waals surface area contributed by atoms with E-state index < -0.39 is 32.5 Å². The zero-order chi connectivity index (χ0) is 54.5. The Hall–Kier alpha value is -2.81. The van der Waals surface area contributed by atoms with Crippen molar-refractivity contribution in [1.29, 1.82) is 0 Å². The maximum absolute atomic E-state index is 12.6. The number of allylic oxidation sites excluding steroid dienone is 14. The van der Waals surface area contributed by atoms with Gasteiger partial charge in [-0.2, -0.15) is 0 Å². The van der Waals surface area contributed by atoms with E-state index in [0.29, 0.717) is 6.42 Å². The molecule has 0 saturated carbocycles. The van der Waals surface area contributed by atoms with Gasteiger partial charge in [0.05, 0.1) is 13.2 Å². The Morgan fingerprint density at radius 3 is 1.12 bits per heavy atom. The first kappa shape index (κ1) is 72.2. The monoisotopic (exact) mass is 1070 g/mol. The molecule has 0 bridgehead atoms. The lowest BCUT2D eigenvalue weighted by Gasteiger charge is -2.19. The molecule has 2 atom stereocenters. The van der Waals surface area contributed by atoms with Crippen LogP contribution in [0, 0.1) is 0 Å². The van der Waals surface area contributed by atoms with Gasteiger partial charge < -0.3 is 20.1 Å². The molecule has 3 N–H and O–H groups in total. The van der Waals surface area contributed by atoms with Gasteiger partial charge in [0.2, 0.25) is 0 Å². The predicted octanol–water partition coefficient (Wildman–Crippen LogP) is 19.9. The molecule has 0 amide bonds. The number of hydrogen-bond donors (Lipinski definition) is 2. The van der Waals surface area contributed by atoms with Gasteiger partial charge in [-0.15, -0.1) is 0 Å². The fraction of sp³-hybridized carbons (Fsp3) is 0.754. The Morgan fingerprint density at radius 1 is 0.413 bits per heavy atom. The summed E-state index contributed by atoms with van der Waals surface area (Å²) in [5, 5.41) is 0. The highest BCUT2D eigenvalue weighted by molar-refractivity contribution is 7.47. The lowest BCUT2D eigenvalue weighted by atomic mass is 10.0. The van der Waals surface area contributed by atoms with E-state index in [0.717, 1.165) is 70.6 Å². The SMILES string of the molecule is CC/C=C\C/C=C\C/C=C\C/C=C\CCCCC(=O)OC(COC(=O)CCCCCCCCCCCCCCCCCCCCCCCCCC/C=C\C/C=C\C/C=C\CCCCCCC)COP(=O)(O)OCCN. The second-order valence-electron chi connectivity index (χ2n) is 20.5. The first-order valence-corrected chi connectivity index (χ1v) is 32.6. The Balaban J connectivity index is 3.79. The van der Waals surface area contributed by atoms with Crippen LogP contribution in [-0.2, 0) is 32.7 Å². The van der Waals surface area contributed by atoms with Gasteiger partial charge in [-0.1, -0.05) is 266 Å². The number of unbranched alkanes of at least 4 members (excludes halogenated alkanes) is 31. The highest BCUT2D eigenvalue weighted by Crippen LogP contribution is 2.43. The molecule has 10 heteroatoms. The molecule has 0 aromatic carbocycles. The van der Waals surface area contributed by atoms with Gasteiger partial charge in [-0.25, -0.2) is 4.57 Å². The first-order valence-electron chi connectivity index (χ1n) is 31.1. The summed E-state index contributed by atoms with van der Waals surface area (Å²) in [7, 11) is -4.40. The molecule has 434 valence electrons. The van der Waals surface area contributed by atoms with E-state index in [9.17, 15) is 19.0 Å². The van der Waals surface area contributed by atoms with Crippen LogP contribution in [0.25, 0.3) is 0 Å². The third-order valence-corrected chi connectivity index (χ3v) is 14.2. The quantitative estimate of drug-likeness (QED) is 0.0264. The van der Waals surface area contributed by atoms with Crippen molar-refractivity contribution >= 4 is 19.8 Å². The number of ether oxygens (including phenoxy) is 2. The average molecular weight is 1070 g/mol. The van der Waals surface area contributed by atoms with Gasteiger partial charge in [-0.05, 0) is 89.9 Å². The molecule has 2 unspecified atom stereocenters. The van der Waals surface area contributed by atoms with Crippen molar-refractivity contribution in [3.63, 3.8) is 0 Å². The normalized spacial score (nSPS) is 13.6.